The summed E-state index contributed by atoms with van der Waals surface area (Å²) in [4.78, 5) is 32.0. The molecule has 0 heterocycles. The van der Waals surface area contributed by atoms with E-state index in [0.29, 0.717) is 22.6 Å². The van der Waals surface area contributed by atoms with Gasteiger partial charge in [-0.1, -0.05) is 30.3 Å². The zero-order chi connectivity index (χ0) is 29.7. The fraction of sp³-hybridized carbons (Fsp3) is 0.269. The number of phenols is 1. The van der Waals surface area contributed by atoms with E-state index in [1.807, 2.05) is 0 Å². The van der Waals surface area contributed by atoms with Gasteiger partial charge < -0.3 is 30.1 Å². The minimum atomic E-state index is -4.24. The molecule has 0 aliphatic rings. The van der Waals surface area contributed by atoms with Crippen LogP contribution in [0.5, 0.6) is 11.5 Å². The van der Waals surface area contributed by atoms with Gasteiger partial charge in [-0.05, 0) is 60.0 Å². The molecule has 3 aromatic rings. The van der Waals surface area contributed by atoms with Gasteiger partial charge in [0.15, 0.2) is 0 Å². The molecule has 1 amide bonds. The number of aliphatic hydroxyl groups is 1. The lowest BCUT2D eigenvalue weighted by Crippen LogP contribution is -2.50. The van der Waals surface area contributed by atoms with Crippen molar-refractivity contribution in [2.45, 2.75) is 24.7 Å². The van der Waals surface area contributed by atoms with Crippen molar-refractivity contribution in [2.75, 3.05) is 29.9 Å². The summed E-state index contributed by atoms with van der Waals surface area (Å²) in [7, 11) is -6.41. The summed E-state index contributed by atoms with van der Waals surface area (Å²) >= 11 is 0. The van der Waals surface area contributed by atoms with E-state index in [9.17, 15) is 37.8 Å². The van der Waals surface area contributed by atoms with E-state index < -0.39 is 41.3 Å². The van der Waals surface area contributed by atoms with E-state index in [0.717, 1.165) is 6.26 Å². The van der Waals surface area contributed by atoms with Crippen molar-refractivity contribution >= 4 is 34.9 Å². The average Bonchev–Trinajstić information content (AvgIpc) is 2.88. The Morgan fingerprint density at radius 2 is 1.68 bits per heavy atom. The highest BCUT2D eigenvalue weighted by Gasteiger charge is 2.36. The van der Waals surface area contributed by atoms with E-state index in [1.54, 1.807) is 31.2 Å². The Balaban J connectivity index is 1.85. The number of rotatable bonds is 12. The first kappa shape index (κ1) is 31.1. The van der Waals surface area contributed by atoms with Crippen LogP contribution in [0.3, 0.4) is 0 Å². The molecule has 0 radical (unpaired) electrons. The molecule has 14 heteroatoms. The molecule has 7 N–H and O–H groups in total. The number of aliphatic hydroxyl groups excluding tert-OH is 1. The van der Waals surface area contributed by atoms with Crippen molar-refractivity contribution in [3.05, 3.63) is 83.4 Å². The van der Waals surface area contributed by atoms with Gasteiger partial charge in [-0.15, -0.1) is 0 Å². The number of nitrogens with one attached hydrogen (secondary N) is 3. The molecule has 0 bridgehead atoms. The third-order valence-corrected chi connectivity index (χ3v) is 7.44. The van der Waals surface area contributed by atoms with Crippen LogP contribution in [0, 0.1) is 0 Å². The quantitative estimate of drug-likeness (QED) is 0.121. The normalized spacial score (nSPS) is 14.2. The third-order valence-electron chi connectivity index (χ3n) is 6.07. The van der Waals surface area contributed by atoms with Gasteiger partial charge in [0.25, 0.3) is 0 Å². The third kappa shape index (κ3) is 8.52. The lowest BCUT2D eigenvalue weighted by Gasteiger charge is -2.31. The number of amides is 1. The van der Waals surface area contributed by atoms with Gasteiger partial charge in [-0.25, -0.2) is 8.42 Å². The standard InChI is InChI=1S/C26H32N3O9PS/c1-26(19-7-11-21(38-2)12-8-19,25(32)28-20-9-4-17(5-10-20)16-39(33,34)35)27-15-24(31)18-6-13-23(30)22(14-18)29-40(3,36)37/h4-14,24,27,29-31H,15-16H2,1-3H3,(H,28,32)(H2,33,34,35)/t24-,26?/m1/s1. The molecule has 216 valence electrons. The largest absolute Gasteiger partial charge is 0.506 e. The Hall–Kier alpha value is -3.45. The minimum absolute atomic E-state index is 0.100. The molecule has 0 saturated carbocycles. The summed E-state index contributed by atoms with van der Waals surface area (Å²) < 4.78 is 41.9. The van der Waals surface area contributed by atoms with Crippen molar-refractivity contribution in [3.8, 4) is 11.5 Å². The van der Waals surface area contributed by atoms with Gasteiger partial charge in [0.1, 0.15) is 17.0 Å². The monoisotopic (exact) mass is 593 g/mol. The van der Waals surface area contributed by atoms with Crippen molar-refractivity contribution in [1.29, 1.82) is 0 Å². The van der Waals surface area contributed by atoms with Crippen molar-refractivity contribution < 1.29 is 42.5 Å². The number of sulfonamides is 1. The number of ether oxygens (including phenoxy) is 1. The summed E-state index contributed by atoms with van der Waals surface area (Å²) in [6, 6.07) is 16.8. The topological polar surface area (TPSA) is 195 Å². The van der Waals surface area contributed by atoms with Crippen LogP contribution in [-0.4, -0.2) is 54.2 Å². The molecule has 0 aliphatic heterocycles. The number of carbonyl (C=O) groups is 1. The Kier molecular flexibility index (Phi) is 9.62. The molecular weight excluding hydrogens is 561 g/mol. The van der Waals surface area contributed by atoms with Crippen LogP contribution in [0.1, 0.15) is 29.7 Å². The zero-order valence-electron chi connectivity index (χ0n) is 22.0. The van der Waals surface area contributed by atoms with Gasteiger partial charge in [-0.2, -0.15) is 0 Å². The molecule has 40 heavy (non-hydrogen) atoms. The second-order valence-electron chi connectivity index (χ2n) is 9.37. The Labute approximate surface area is 232 Å². The fourth-order valence-corrected chi connectivity index (χ4v) is 5.14. The first-order valence-electron chi connectivity index (χ1n) is 11.9. The van der Waals surface area contributed by atoms with E-state index in [4.69, 9.17) is 4.74 Å². The maximum atomic E-state index is 13.6. The van der Waals surface area contributed by atoms with Crippen molar-refractivity contribution in [3.63, 3.8) is 0 Å². The number of hydrogen-bond acceptors (Lipinski definition) is 8. The van der Waals surface area contributed by atoms with E-state index >= 15 is 0 Å². The average molecular weight is 594 g/mol. The van der Waals surface area contributed by atoms with Crippen LogP contribution >= 0.6 is 7.60 Å². The van der Waals surface area contributed by atoms with E-state index in [2.05, 4.69) is 15.4 Å². The number of carbonyl (C=O) groups excluding carboxylic acids is 1. The molecule has 1 unspecified atom stereocenters. The number of benzene rings is 3. The van der Waals surface area contributed by atoms with Crippen molar-refractivity contribution in [1.82, 2.24) is 5.32 Å². The highest BCUT2D eigenvalue weighted by atomic mass is 32.2. The molecule has 0 aromatic heterocycles. The molecule has 3 rings (SSSR count). The highest BCUT2D eigenvalue weighted by Crippen LogP contribution is 2.39. The van der Waals surface area contributed by atoms with Gasteiger partial charge in [0.2, 0.25) is 15.9 Å². The maximum Gasteiger partial charge on any atom is 0.329 e. The highest BCUT2D eigenvalue weighted by molar-refractivity contribution is 7.92. The summed E-state index contributed by atoms with van der Waals surface area (Å²) in [6.07, 6.45) is -0.692. The van der Waals surface area contributed by atoms with Gasteiger partial charge in [0, 0.05) is 12.2 Å². The van der Waals surface area contributed by atoms with Gasteiger partial charge in [-0.3, -0.25) is 19.4 Å². The molecule has 0 spiro atoms. The van der Waals surface area contributed by atoms with Crippen LogP contribution in [0.4, 0.5) is 11.4 Å². The van der Waals surface area contributed by atoms with E-state index in [-0.39, 0.29) is 23.5 Å². The van der Waals surface area contributed by atoms with Crippen molar-refractivity contribution in [2.24, 2.45) is 0 Å². The zero-order valence-corrected chi connectivity index (χ0v) is 23.7. The number of anilines is 2. The lowest BCUT2D eigenvalue weighted by atomic mass is 9.90. The summed E-state index contributed by atoms with van der Waals surface area (Å²) in [5.41, 5.74) is 0.135. The smallest absolute Gasteiger partial charge is 0.329 e. The van der Waals surface area contributed by atoms with Crippen LogP contribution in [0.2, 0.25) is 0 Å². The van der Waals surface area contributed by atoms with E-state index in [1.165, 1.54) is 49.6 Å². The summed E-state index contributed by atoms with van der Waals surface area (Å²) in [6.45, 7) is 1.48. The minimum Gasteiger partial charge on any atom is -0.506 e. The second-order valence-corrected chi connectivity index (χ2v) is 12.8. The number of hydrogen-bond donors (Lipinski definition) is 7. The molecule has 0 fully saturated rings. The Bertz CT molecular complexity index is 1490. The Morgan fingerprint density at radius 3 is 2.23 bits per heavy atom. The van der Waals surface area contributed by atoms with Gasteiger partial charge in [0.05, 0.1) is 31.3 Å². The van der Waals surface area contributed by atoms with Gasteiger partial charge >= 0.3 is 7.60 Å². The summed E-state index contributed by atoms with van der Waals surface area (Å²) in [5, 5.41) is 26.7. The van der Waals surface area contributed by atoms with Crippen LogP contribution in [0.25, 0.3) is 0 Å². The first-order chi connectivity index (χ1) is 18.6. The number of phenolic OH excluding ortho intramolecular Hbond substituents is 1. The fourth-order valence-electron chi connectivity index (χ4n) is 3.89. The van der Waals surface area contributed by atoms with Crippen LogP contribution in [-0.2, 0) is 31.1 Å². The lowest BCUT2D eigenvalue weighted by molar-refractivity contribution is -0.122. The van der Waals surface area contributed by atoms with Crippen LogP contribution < -0.4 is 20.1 Å². The molecule has 12 nitrogen and oxygen atoms in total. The van der Waals surface area contributed by atoms with Crippen LogP contribution in [0.15, 0.2) is 66.7 Å². The molecular formula is C26H32N3O9PS. The second kappa shape index (κ2) is 12.4. The number of methoxy groups -OCH3 is 1. The predicted molar refractivity (Wildman–Crippen MR) is 151 cm³/mol. The maximum absolute atomic E-state index is 13.6. The molecule has 2 atom stereocenters. The summed E-state index contributed by atoms with van der Waals surface area (Å²) in [5.74, 6) is -0.233. The number of aromatic hydroxyl groups is 1. The Morgan fingerprint density at radius 1 is 1.05 bits per heavy atom. The molecule has 0 aliphatic carbocycles. The predicted octanol–water partition coefficient (Wildman–Crippen LogP) is 2.63. The SMILES string of the molecule is COc1ccc(C(C)(NC[C@@H](O)c2ccc(O)c(NS(C)(=O)=O)c2)C(=O)Nc2ccc(CP(=O)(O)O)cc2)cc1. The first-order valence-corrected chi connectivity index (χ1v) is 15.6. The molecule has 3 aromatic carbocycles. The molecule has 0 saturated heterocycles.